The number of hydrogen-bond acceptors (Lipinski definition) is 4. The largest absolute Gasteiger partial charge is 0.438 e. The van der Waals surface area contributed by atoms with Gasteiger partial charge >= 0.3 is 0 Å². The topological polar surface area (TPSA) is 64.1 Å². The highest BCUT2D eigenvalue weighted by atomic mass is 79.9. The van der Waals surface area contributed by atoms with Gasteiger partial charge in [-0.05, 0) is 55.5 Å². The molecule has 0 spiro atoms. The van der Waals surface area contributed by atoms with Gasteiger partial charge in [0.05, 0.1) is 11.7 Å². The summed E-state index contributed by atoms with van der Waals surface area (Å²) >= 11 is 3.38. The normalized spacial score (nSPS) is 11.6. The van der Waals surface area contributed by atoms with Gasteiger partial charge in [0, 0.05) is 16.9 Å². The van der Waals surface area contributed by atoms with Crippen molar-refractivity contribution >= 4 is 21.8 Å². The molecule has 0 radical (unpaired) electrons. The molecular formula is C19H16BrN3O2. The van der Waals surface area contributed by atoms with Gasteiger partial charge in [-0.2, -0.15) is 0 Å². The molecule has 126 valence electrons. The van der Waals surface area contributed by atoms with Crippen molar-refractivity contribution in [3.8, 4) is 11.6 Å². The second kappa shape index (κ2) is 7.90. The first kappa shape index (κ1) is 17.1. The number of pyridine rings is 2. The Kier molecular flexibility index (Phi) is 5.40. The molecule has 5 nitrogen and oxygen atoms in total. The van der Waals surface area contributed by atoms with Gasteiger partial charge in [-0.15, -0.1) is 0 Å². The molecule has 1 atom stereocenters. The van der Waals surface area contributed by atoms with Crippen LogP contribution < -0.4 is 10.1 Å². The number of amides is 1. The minimum Gasteiger partial charge on any atom is -0.438 e. The number of carbonyl (C=O) groups is 1. The Morgan fingerprint density at radius 2 is 1.80 bits per heavy atom. The van der Waals surface area contributed by atoms with Gasteiger partial charge in [0.25, 0.3) is 5.91 Å². The van der Waals surface area contributed by atoms with Crippen LogP contribution in [0.15, 0.2) is 71.5 Å². The van der Waals surface area contributed by atoms with Crippen LogP contribution in [0.2, 0.25) is 0 Å². The van der Waals surface area contributed by atoms with Crippen LogP contribution in [0.1, 0.15) is 29.0 Å². The fourth-order valence-corrected chi connectivity index (χ4v) is 2.50. The summed E-state index contributed by atoms with van der Waals surface area (Å²) in [5.41, 5.74) is 1.16. The predicted octanol–water partition coefficient (Wildman–Crippen LogP) is 4.52. The quantitative estimate of drug-likeness (QED) is 0.686. The number of nitrogens with one attached hydrogen (secondary N) is 1. The van der Waals surface area contributed by atoms with Crippen molar-refractivity contribution < 1.29 is 9.53 Å². The van der Waals surface area contributed by atoms with E-state index in [1.54, 1.807) is 36.7 Å². The molecule has 2 aromatic heterocycles. The van der Waals surface area contributed by atoms with Crippen LogP contribution in [-0.4, -0.2) is 15.9 Å². The molecule has 2 heterocycles. The summed E-state index contributed by atoms with van der Waals surface area (Å²) in [5.74, 6) is 0.600. The second-order valence-electron chi connectivity index (χ2n) is 5.36. The van der Waals surface area contributed by atoms with E-state index in [4.69, 9.17) is 4.74 Å². The molecule has 0 fully saturated rings. The van der Waals surface area contributed by atoms with E-state index < -0.39 is 0 Å². The third kappa shape index (κ3) is 4.42. The van der Waals surface area contributed by atoms with Gasteiger partial charge in [0.15, 0.2) is 0 Å². The Hall–Kier alpha value is -2.73. The van der Waals surface area contributed by atoms with Gasteiger partial charge in [-0.1, -0.05) is 22.0 Å². The molecule has 0 aliphatic heterocycles. The molecule has 0 bridgehead atoms. The molecule has 3 aromatic rings. The van der Waals surface area contributed by atoms with Crippen LogP contribution in [0.3, 0.4) is 0 Å². The minimum absolute atomic E-state index is 0.227. The zero-order valence-corrected chi connectivity index (χ0v) is 15.1. The first-order chi connectivity index (χ1) is 12.1. The molecule has 1 unspecified atom stereocenters. The Bertz CT molecular complexity index is 854. The molecule has 1 amide bonds. The van der Waals surface area contributed by atoms with Crippen LogP contribution >= 0.6 is 15.9 Å². The monoisotopic (exact) mass is 397 g/mol. The van der Waals surface area contributed by atoms with Crippen LogP contribution in [0.5, 0.6) is 11.6 Å². The molecule has 0 aliphatic rings. The average Bonchev–Trinajstić information content (AvgIpc) is 2.64. The molecule has 1 N–H and O–H groups in total. The van der Waals surface area contributed by atoms with E-state index in [2.05, 4.69) is 31.2 Å². The maximum Gasteiger partial charge on any atom is 0.257 e. The summed E-state index contributed by atoms with van der Waals surface area (Å²) in [4.78, 5) is 21.1. The van der Waals surface area contributed by atoms with Crippen molar-refractivity contribution in [2.24, 2.45) is 0 Å². The molecule has 0 saturated carbocycles. The van der Waals surface area contributed by atoms with E-state index in [1.807, 2.05) is 37.3 Å². The number of ether oxygens (including phenoxy) is 1. The lowest BCUT2D eigenvalue weighted by Gasteiger charge is -2.15. The first-order valence-corrected chi connectivity index (χ1v) is 8.53. The zero-order chi connectivity index (χ0) is 17.6. The molecular weight excluding hydrogens is 382 g/mol. The van der Waals surface area contributed by atoms with Crippen molar-refractivity contribution in [1.82, 2.24) is 15.3 Å². The van der Waals surface area contributed by atoms with Crippen molar-refractivity contribution in [2.75, 3.05) is 0 Å². The van der Waals surface area contributed by atoms with Crippen LogP contribution in [0, 0.1) is 0 Å². The lowest BCUT2D eigenvalue weighted by Crippen LogP contribution is -2.27. The van der Waals surface area contributed by atoms with Crippen molar-refractivity contribution in [2.45, 2.75) is 13.0 Å². The van der Waals surface area contributed by atoms with E-state index in [0.717, 1.165) is 10.2 Å². The number of rotatable bonds is 5. The smallest absolute Gasteiger partial charge is 0.257 e. The molecule has 0 aliphatic carbocycles. The van der Waals surface area contributed by atoms with Crippen LogP contribution in [0.25, 0.3) is 0 Å². The highest BCUT2D eigenvalue weighted by molar-refractivity contribution is 9.10. The van der Waals surface area contributed by atoms with Gasteiger partial charge in [-0.25, -0.2) is 4.98 Å². The number of halogens is 1. The second-order valence-corrected chi connectivity index (χ2v) is 6.28. The number of nitrogens with zero attached hydrogens (tertiary/aromatic N) is 2. The third-order valence-electron chi connectivity index (χ3n) is 3.52. The summed E-state index contributed by atoms with van der Waals surface area (Å²) in [6.45, 7) is 1.88. The lowest BCUT2D eigenvalue weighted by molar-refractivity contribution is 0.0936. The number of carbonyl (C=O) groups excluding carboxylic acids is 1. The summed E-state index contributed by atoms with van der Waals surface area (Å²) in [6.07, 6.45) is 3.29. The highest BCUT2D eigenvalue weighted by Crippen LogP contribution is 2.25. The Balaban J connectivity index is 1.77. The van der Waals surface area contributed by atoms with Crippen molar-refractivity contribution in [3.63, 3.8) is 0 Å². The fraction of sp³-hybridized carbons (Fsp3) is 0.105. The number of hydrogen-bond donors (Lipinski definition) is 1. The fourth-order valence-electron chi connectivity index (χ4n) is 2.24. The zero-order valence-electron chi connectivity index (χ0n) is 13.5. The Morgan fingerprint density at radius 1 is 1.04 bits per heavy atom. The van der Waals surface area contributed by atoms with E-state index in [9.17, 15) is 4.79 Å². The van der Waals surface area contributed by atoms with Gasteiger partial charge in [0.1, 0.15) is 11.3 Å². The summed E-state index contributed by atoms with van der Waals surface area (Å²) in [6, 6.07) is 16.1. The lowest BCUT2D eigenvalue weighted by atomic mass is 10.2. The first-order valence-electron chi connectivity index (χ1n) is 7.74. The maximum atomic E-state index is 12.6. The summed E-state index contributed by atoms with van der Waals surface area (Å²) < 4.78 is 6.71. The van der Waals surface area contributed by atoms with Crippen molar-refractivity contribution in [3.05, 3.63) is 82.7 Å². The van der Waals surface area contributed by atoms with Gasteiger partial charge in [-0.3, -0.25) is 9.78 Å². The molecule has 0 saturated heterocycles. The molecule has 25 heavy (non-hydrogen) atoms. The van der Waals surface area contributed by atoms with Gasteiger partial charge in [0.2, 0.25) is 5.88 Å². The van der Waals surface area contributed by atoms with E-state index >= 15 is 0 Å². The van der Waals surface area contributed by atoms with E-state index in [0.29, 0.717) is 11.3 Å². The minimum atomic E-state index is -0.265. The van der Waals surface area contributed by atoms with Gasteiger partial charge < -0.3 is 10.1 Å². The predicted molar refractivity (Wildman–Crippen MR) is 98.6 cm³/mol. The third-order valence-corrected chi connectivity index (χ3v) is 4.05. The highest BCUT2D eigenvalue weighted by Gasteiger charge is 2.17. The molecule has 3 rings (SSSR count). The number of aromatic nitrogens is 2. The number of benzene rings is 1. The molecule has 1 aromatic carbocycles. The SMILES string of the molecule is CC(NC(=O)c1cccnc1Oc1ccc(Br)cc1)c1ccccn1. The standard InChI is InChI=1S/C19H16BrN3O2/c1-13(17-6-2-3-11-21-17)23-18(24)16-5-4-12-22-19(16)25-15-9-7-14(20)8-10-15/h2-13H,1H3,(H,23,24). The Labute approximate surface area is 154 Å². The molecule has 6 heteroatoms. The van der Waals surface area contributed by atoms with Crippen LogP contribution in [-0.2, 0) is 0 Å². The summed E-state index contributed by atoms with van der Waals surface area (Å²) in [7, 11) is 0. The van der Waals surface area contributed by atoms with E-state index in [-0.39, 0.29) is 17.8 Å². The van der Waals surface area contributed by atoms with Crippen molar-refractivity contribution in [1.29, 1.82) is 0 Å². The maximum absolute atomic E-state index is 12.6. The summed E-state index contributed by atoms with van der Waals surface area (Å²) in [5, 5.41) is 2.92. The van der Waals surface area contributed by atoms with E-state index in [1.165, 1.54) is 0 Å². The Morgan fingerprint density at radius 3 is 2.52 bits per heavy atom. The van der Waals surface area contributed by atoms with Crippen LogP contribution in [0.4, 0.5) is 0 Å². The average molecular weight is 398 g/mol.